The Hall–Kier alpha value is -3.57. The van der Waals surface area contributed by atoms with Crippen LogP contribution in [-0.4, -0.2) is 78.3 Å². The van der Waals surface area contributed by atoms with E-state index in [1.807, 2.05) is 32.2 Å². The molecule has 0 radical (unpaired) electrons. The number of aromatic nitrogens is 3. The average Bonchev–Trinajstić information content (AvgIpc) is 2.95. The van der Waals surface area contributed by atoms with Crippen molar-refractivity contribution in [1.29, 1.82) is 0 Å². The predicted molar refractivity (Wildman–Crippen MR) is 153 cm³/mol. The van der Waals surface area contributed by atoms with Crippen LogP contribution in [0.15, 0.2) is 36.7 Å². The van der Waals surface area contributed by atoms with Gasteiger partial charge in [-0.05, 0) is 51.0 Å². The Morgan fingerprint density at radius 1 is 0.974 bits per heavy atom. The van der Waals surface area contributed by atoms with Crippen molar-refractivity contribution in [3.05, 3.63) is 48.3 Å². The lowest BCUT2D eigenvalue weighted by Crippen LogP contribution is -2.52. The molecule has 0 atom stereocenters. The molecule has 1 aromatic carbocycles. The summed E-state index contributed by atoms with van der Waals surface area (Å²) in [6.07, 6.45) is 5.22. The SMILES string of the molecule is CNc1c(F)cc(-c2nc(Nc3ccc(N4CCC(N5CCNCC5)CC4)cn3)ncc2F)cc1NC(C)C. The third kappa shape index (κ3) is 6.36. The summed E-state index contributed by atoms with van der Waals surface area (Å²) < 4.78 is 29.6. The number of rotatable bonds is 8. The van der Waals surface area contributed by atoms with Gasteiger partial charge in [-0.3, -0.25) is 4.90 Å². The molecule has 2 aliphatic heterocycles. The number of benzene rings is 1. The molecule has 0 bridgehead atoms. The molecule has 0 aliphatic carbocycles. The fourth-order valence-electron chi connectivity index (χ4n) is 5.35. The highest BCUT2D eigenvalue weighted by molar-refractivity contribution is 5.77. The number of piperazine rings is 1. The quantitative estimate of drug-likeness (QED) is 0.336. The molecule has 0 amide bonds. The minimum Gasteiger partial charge on any atom is -0.384 e. The summed E-state index contributed by atoms with van der Waals surface area (Å²) in [6.45, 7) is 10.3. The first kappa shape index (κ1) is 27.0. The highest BCUT2D eigenvalue weighted by Crippen LogP contribution is 2.33. The van der Waals surface area contributed by atoms with Gasteiger partial charge in [0.15, 0.2) is 5.82 Å². The first-order valence-corrected chi connectivity index (χ1v) is 13.6. The van der Waals surface area contributed by atoms with Crippen LogP contribution in [0.2, 0.25) is 0 Å². The fourth-order valence-corrected chi connectivity index (χ4v) is 5.35. The van der Waals surface area contributed by atoms with Crippen LogP contribution in [0.3, 0.4) is 0 Å². The minimum atomic E-state index is -0.639. The number of pyridine rings is 1. The van der Waals surface area contributed by atoms with Crippen LogP contribution >= 0.6 is 0 Å². The molecule has 4 N–H and O–H groups in total. The first-order valence-electron chi connectivity index (χ1n) is 13.6. The summed E-state index contributed by atoms with van der Waals surface area (Å²) in [4.78, 5) is 17.9. The molecule has 11 heteroatoms. The van der Waals surface area contributed by atoms with Crippen LogP contribution in [0, 0.1) is 11.6 Å². The van der Waals surface area contributed by atoms with Gasteiger partial charge in [0.25, 0.3) is 0 Å². The van der Waals surface area contributed by atoms with Gasteiger partial charge in [0.2, 0.25) is 5.95 Å². The number of nitrogens with one attached hydrogen (secondary N) is 4. The van der Waals surface area contributed by atoms with Gasteiger partial charge in [0.05, 0.1) is 29.5 Å². The molecule has 5 rings (SSSR count). The molecular weight excluding hydrogens is 500 g/mol. The maximum Gasteiger partial charge on any atom is 0.229 e. The standard InChI is InChI=1S/C28H37F2N9/c1-18(2)35-24-15-19(14-22(29)27(24)31-3)26-23(30)17-34-28(37-26)36-25-5-4-21(16-33-25)38-10-6-20(7-11-38)39-12-8-32-9-13-39/h4-5,14-18,20,31-32,35H,6-13H2,1-3H3,(H,33,34,36,37). The van der Waals surface area contributed by atoms with Crippen molar-refractivity contribution in [2.24, 2.45) is 0 Å². The molecule has 9 nitrogen and oxygen atoms in total. The molecule has 2 fully saturated rings. The lowest BCUT2D eigenvalue weighted by atomic mass is 10.0. The number of hydrogen-bond acceptors (Lipinski definition) is 9. The van der Waals surface area contributed by atoms with Gasteiger partial charge < -0.3 is 26.2 Å². The highest BCUT2D eigenvalue weighted by atomic mass is 19.1. The summed E-state index contributed by atoms with van der Waals surface area (Å²) in [5.41, 5.74) is 2.24. The Balaban J connectivity index is 1.27. The van der Waals surface area contributed by atoms with Gasteiger partial charge in [-0.25, -0.2) is 23.7 Å². The molecule has 3 aromatic rings. The topological polar surface area (TPSA) is 93.3 Å². The second-order valence-electron chi connectivity index (χ2n) is 10.4. The molecule has 4 heterocycles. The maximum absolute atomic E-state index is 14.8. The number of halogens is 2. The van der Waals surface area contributed by atoms with E-state index in [-0.39, 0.29) is 17.7 Å². The fraction of sp³-hybridized carbons (Fsp3) is 0.464. The number of hydrogen-bond donors (Lipinski definition) is 4. The van der Waals surface area contributed by atoms with E-state index in [1.54, 1.807) is 13.1 Å². The predicted octanol–water partition coefficient (Wildman–Crippen LogP) is 4.30. The van der Waals surface area contributed by atoms with Crippen LogP contribution in [0.5, 0.6) is 0 Å². The van der Waals surface area contributed by atoms with Gasteiger partial charge in [-0.15, -0.1) is 0 Å². The third-order valence-corrected chi connectivity index (χ3v) is 7.29. The van der Waals surface area contributed by atoms with Gasteiger partial charge in [-0.2, -0.15) is 0 Å². The Morgan fingerprint density at radius 3 is 2.41 bits per heavy atom. The zero-order valence-corrected chi connectivity index (χ0v) is 22.8. The molecule has 0 unspecified atom stereocenters. The van der Waals surface area contributed by atoms with Crippen LogP contribution in [0.25, 0.3) is 11.3 Å². The summed E-state index contributed by atoms with van der Waals surface area (Å²) in [6, 6.07) is 7.57. The lowest BCUT2D eigenvalue weighted by Gasteiger charge is -2.41. The Labute approximate surface area is 228 Å². The zero-order valence-electron chi connectivity index (χ0n) is 22.8. The van der Waals surface area contributed by atoms with Crippen LogP contribution in [-0.2, 0) is 0 Å². The molecule has 0 spiro atoms. The third-order valence-electron chi connectivity index (χ3n) is 7.29. The second-order valence-corrected chi connectivity index (χ2v) is 10.4. The number of piperidine rings is 1. The smallest absolute Gasteiger partial charge is 0.229 e. The van der Waals surface area contributed by atoms with Crippen molar-refractivity contribution in [1.82, 2.24) is 25.2 Å². The maximum atomic E-state index is 14.8. The first-order chi connectivity index (χ1) is 18.9. The van der Waals surface area contributed by atoms with E-state index in [2.05, 4.69) is 46.0 Å². The van der Waals surface area contributed by atoms with E-state index in [0.717, 1.165) is 64.0 Å². The summed E-state index contributed by atoms with van der Waals surface area (Å²) in [7, 11) is 1.64. The summed E-state index contributed by atoms with van der Waals surface area (Å²) >= 11 is 0. The van der Waals surface area contributed by atoms with Gasteiger partial charge in [0.1, 0.15) is 17.3 Å². The number of anilines is 5. The van der Waals surface area contributed by atoms with E-state index in [1.165, 1.54) is 6.07 Å². The summed E-state index contributed by atoms with van der Waals surface area (Å²) in [5, 5.41) is 12.5. The zero-order chi connectivity index (χ0) is 27.4. The number of nitrogens with zero attached hydrogens (tertiary/aromatic N) is 5. The van der Waals surface area contributed by atoms with Crippen molar-refractivity contribution in [3.8, 4) is 11.3 Å². The Morgan fingerprint density at radius 2 is 1.74 bits per heavy atom. The van der Waals surface area contributed by atoms with E-state index in [9.17, 15) is 8.78 Å². The van der Waals surface area contributed by atoms with Crippen molar-refractivity contribution >= 4 is 28.8 Å². The molecule has 0 saturated carbocycles. The minimum absolute atomic E-state index is 0.00448. The van der Waals surface area contributed by atoms with E-state index < -0.39 is 11.6 Å². The normalized spacial score (nSPS) is 16.9. The molecular formula is C28H37F2N9. The summed E-state index contributed by atoms with van der Waals surface area (Å²) in [5.74, 6) is -0.411. The van der Waals surface area contributed by atoms with E-state index in [4.69, 9.17) is 0 Å². The molecule has 39 heavy (non-hydrogen) atoms. The van der Waals surface area contributed by atoms with Gasteiger partial charge in [-0.1, -0.05) is 0 Å². The van der Waals surface area contributed by atoms with Gasteiger partial charge in [0, 0.05) is 64.0 Å². The second kappa shape index (κ2) is 12.1. The van der Waals surface area contributed by atoms with Crippen molar-refractivity contribution in [2.45, 2.75) is 38.8 Å². The molecule has 2 saturated heterocycles. The van der Waals surface area contributed by atoms with Crippen LogP contribution < -0.4 is 26.2 Å². The molecule has 208 valence electrons. The Kier molecular flexibility index (Phi) is 8.37. The van der Waals surface area contributed by atoms with E-state index >= 15 is 0 Å². The van der Waals surface area contributed by atoms with Crippen LogP contribution in [0.4, 0.5) is 37.6 Å². The average molecular weight is 538 g/mol. The van der Waals surface area contributed by atoms with Crippen molar-refractivity contribution < 1.29 is 8.78 Å². The highest BCUT2D eigenvalue weighted by Gasteiger charge is 2.25. The lowest BCUT2D eigenvalue weighted by molar-refractivity contribution is 0.150. The molecule has 2 aliphatic rings. The Bertz CT molecular complexity index is 1250. The van der Waals surface area contributed by atoms with Crippen molar-refractivity contribution in [2.75, 3.05) is 67.2 Å². The van der Waals surface area contributed by atoms with E-state index in [0.29, 0.717) is 28.8 Å². The monoisotopic (exact) mass is 537 g/mol. The largest absolute Gasteiger partial charge is 0.384 e. The van der Waals surface area contributed by atoms with Crippen molar-refractivity contribution in [3.63, 3.8) is 0 Å². The molecule has 2 aromatic heterocycles. The van der Waals surface area contributed by atoms with Gasteiger partial charge >= 0.3 is 0 Å². The van der Waals surface area contributed by atoms with Crippen LogP contribution in [0.1, 0.15) is 26.7 Å².